The number of nitrogens with zero attached hydrogens (tertiary/aromatic N) is 1. The minimum absolute atomic E-state index is 0.140. The Labute approximate surface area is 158 Å². The number of carbonyl (C=O) groups is 1. The van der Waals surface area contributed by atoms with Gasteiger partial charge in [-0.1, -0.05) is 29.8 Å². The van der Waals surface area contributed by atoms with E-state index < -0.39 is 55.3 Å². The quantitative estimate of drug-likeness (QED) is 0.371. The Hall–Kier alpha value is -2.52. The largest absolute Gasteiger partial charge is 0.477 e. The van der Waals surface area contributed by atoms with Crippen LogP contribution in [0, 0.1) is 11.6 Å². The normalized spacial score (nSPS) is 11.3. The van der Waals surface area contributed by atoms with Crippen LogP contribution < -0.4 is 5.43 Å². The van der Waals surface area contributed by atoms with E-state index in [-0.39, 0.29) is 17.4 Å². The molecule has 3 aromatic rings. The van der Waals surface area contributed by atoms with Gasteiger partial charge in [0.2, 0.25) is 5.43 Å². The van der Waals surface area contributed by atoms with Crippen LogP contribution in [0.1, 0.15) is 10.4 Å². The smallest absolute Gasteiger partial charge is 0.342 e. The number of fused-ring (bicyclic) bond motifs is 1. The maximum atomic E-state index is 14.0. The second kappa shape index (κ2) is 7.24. The van der Waals surface area contributed by atoms with Crippen molar-refractivity contribution in [1.82, 2.24) is 4.57 Å². The summed E-state index contributed by atoms with van der Waals surface area (Å²) in [5.74, 6) is -7.81. The number of aromatic nitrogens is 1. The van der Waals surface area contributed by atoms with E-state index in [0.717, 1.165) is 4.57 Å². The Bertz CT molecular complexity index is 1120. The third-order valence-electron chi connectivity index (χ3n) is 3.68. The number of pyridine rings is 1. The average molecular weight is 418 g/mol. The summed E-state index contributed by atoms with van der Waals surface area (Å²) in [7, 11) is 0. The van der Waals surface area contributed by atoms with Gasteiger partial charge in [-0.2, -0.15) is 8.78 Å². The van der Waals surface area contributed by atoms with Crippen molar-refractivity contribution in [3.8, 4) is 5.69 Å². The Morgan fingerprint density at radius 3 is 2.37 bits per heavy atom. The van der Waals surface area contributed by atoms with Crippen molar-refractivity contribution >= 4 is 40.2 Å². The number of aromatic carboxylic acids is 1. The molecule has 0 aliphatic heterocycles. The summed E-state index contributed by atoms with van der Waals surface area (Å²) >= 11 is 5.68. The molecule has 3 rings (SSSR count). The predicted octanol–water partition coefficient (Wildman–Crippen LogP) is 4.94. The van der Waals surface area contributed by atoms with Crippen LogP contribution in [0.15, 0.2) is 46.2 Å². The van der Waals surface area contributed by atoms with Gasteiger partial charge >= 0.3 is 5.97 Å². The van der Waals surface area contributed by atoms with Crippen molar-refractivity contribution in [1.29, 1.82) is 0 Å². The fraction of sp³-hybridized carbons (Fsp3) is 0.0588. The maximum absolute atomic E-state index is 14.0. The Balaban J connectivity index is 2.65. The van der Waals surface area contributed by atoms with Gasteiger partial charge in [0.1, 0.15) is 15.6 Å². The number of rotatable bonds is 4. The van der Waals surface area contributed by atoms with Gasteiger partial charge in [0.05, 0.1) is 10.9 Å². The van der Waals surface area contributed by atoms with E-state index >= 15 is 0 Å². The highest BCUT2D eigenvalue weighted by molar-refractivity contribution is 7.99. The lowest BCUT2D eigenvalue weighted by molar-refractivity contribution is 0.0690. The lowest BCUT2D eigenvalue weighted by Gasteiger charge is -2.19. The summed E-state index contributed by atoms with van der Waals surface area (Å²) in [6, 6.07) is 7.98. The zero-order chi connectivity index (χ0) is 19.9. The van der Waals surface area contributed by atoms with Gasteiger partial charge in [-0.15, -0.1) is 0 Å². The number of carboxylic acids is 1. The topological polar surface area (TPSA) is 59.3 Å². The molecule has 140 valence electrons. The van der Waals surface area contributed by atoms with Crippen LogP contribution in [0.2, 0.25) is 5.02 Å². The van der Waals surface area contributed by atoms with Crippen LogP contribution in [-0.4, -0.2) is 21.4 Å². The van der Waals surface area contributed by atoms with Crippen molar-refractivity contribution in [2.24, 2.45) is 0 Å². The molecule has 2 aromatic carbocycles. The first-order chi connectivity index (χ1) is 12.7. The van der Waals surface area contributed by atoms with Gasteiger partial charge < -0.3 is 9.67 Å². The van der Waals surface area contributed by atoms with Crippen LogP contribution >= 0.6 is 23.4 Å². The fourth-order valence-corrected chi connectivity index (χ4v) is 3.68. The van der Waals surface area contributed by atoms with Gasteiger partial charge in [-0.25, -0.2) is 13.6 Å². The lowest BCUT2D eigenvalue weighted by atomic mass is 10.1. The summed E-state index contributed by atoms with van der Waals surface area (Å²) in [5.41, 5.74) is -2.49. The SMILES string of the molecule is O=C(O)c1c(SC(F)F)n(-c2ccccc2)c2c(Cl)c(F)c(F)cc2c1=O. The highest BCUT2D eigenvalue weighted by Gasteiger charge is 2.28. The molecular weight excluding hydrogens is 410 g/mol. The van der Waals surface area contributed by atoms with Crippen molar-refractivity contribution in [2.45, 2.75) is 10.8 Å². The van der Waals surface area contributed by atoms with Gasteiger partial charge in [0, 0.05) is 5.69 Å². The van der Waals surface area contributed by atoms with Crippen LogP contribution in [0.3, 0.4) is 0 Å². The Kier molecular flexibility index (Phi) is 5.16. The summed E-state index contributed by atoms with van der Waals surface area (Å²) in [6.45, 7) is 0. The van der Waals surface area contributed by atoms with Crippen LogP contribution in [0.5, 0.6) is 0 Å². The fourth-order valence-electron chi connectivity index (χ4n) is 2.63. The minimum Gasteiger partial charge on any atom is -0.477 e. The van der Waals surface area contributed by atoms with E-state index in [9.17, 15) is 32.3 Å². The third kappa shape index (κ3) is 3.28. The lowest BCUT2D eigenvalue weighted by Crippen LogP contribution is -2.22. The van der Waals surface area contributed by atoms with Gasteiger partial charge in [0.25, 0.3) is 5.76 Å². The molecule has 0 amide bonds. The Morgan fingerprint density at radius 1 is 1.19 bits per heavy atom. The minimum atomic E-state index is -3.08. The molecule has 4 nitrogen and oxygen atoms in total. The molecule has 0 fully saturated rings. The molecule has 1 heterocycles. The molecule has 1 aromatic heterocycles. The molecule has 0 atom stereocenters. The van der Waals surface area contributed by atoms with E-state index in [4.69, 9.17) is 11.6 Å². The second-order valence-corrected chi connectivity index (χ2v) is 6.60. The molecule has 0 spiro atoms. The highest BCUT2D eigenvalue weighted by Crippen LogP contribution is 2.36. The number of halogens is 5. The number of hydrogen-bond acceptors (Lipinski definition) is 3. The average Bonchev–Trinajstić information content (AvgIpc) is 2.61. The van der Waals surface area contributed by atoms with Crippen LogP contribution in [0.25, 0.3) is 16.6 Å². The highest BCUT2D eigenvalue weighted by atomic mass is 35.5. The number of para-hydroxylation sites is 1. The van der Waals surface area contributed by atoms with Gasteiger partial charge in [-0.3, -0.25) is 4.79 Å². The molecular formula is C17H8ClF4NO3S. The molecule has 0 saturated carbocycles. The van der Waals surface area contributed by atoms with E-state index in [1.165, 1.54) is 24.3 Å². The number of benzene rings is 2. The number of hydrogen-bond donors (Lipinski definition) is 1. The number of alkyl halides is 2. The van der Waals surface area contributed by atoms with Crippen molar-refractivity contribution in [2.75, 3.05) is 0 Å². The number of carboxylic acid groups (broad SMARTS) is 1. The predicted molar refractivity (Wildman–Crippen MR) is 93.3 cm³/mol. The second-order valence-electron chi connectivity index (χ2n) is 5.25. The van der Waals surface area contributed by atoms with Crippen molar-refractivity contribution in [3.63, 3.8) is 0 Å². The van der Waals surface area contributed by atoms with Crippen molar-refractivity contribution < 1.29 is 27.5 Å². The summed E-state index contributed by atoms with van der Waals surface area (Å²) in [5, 5.41) is 7.40. The zero-order valence-corrected chi connectivity index (χ0v) is 14.6. The van der Waals surface area contributed by atoms with Gasteiger partial charge in [0.15, 0.2) is 11.6 Å². The molecule has 0 radical (unpaired) electrons. The molecule has 0 aliphatic carbocycles. The standard InChI is InChI=1S/C17H8ClF4NO3S/c18-11-12(20)9(19)6-8-13(11)23(7-4-2-1-3-5-7)15(27-17(21)22)10(14(8)24)16(25)26/h1-6,17H,(H,25,26). The summed E-state index contributed by atoms with van der Waals surface area (Å²) in [4.78, 5) is 24.2. The third-order valence-corrected chi connectivity index (χ3v) is 4.81. The van der Waals surface area contributed by atoms with Crippen molar-refractivity contribution in [3.05, 3.63) is 68.8 Å². The first kappa shape index (κ1) is 19.2. The van der Waals surface area contributed by atoms with Gasteiger partial charge in [-0.05, 0) is 30.0 Å². The molecule has 1 N–H and O–H groups in total. The number of thioether (sulfide) groups is 1. The molecule has 10 heteroatoms. The Morgan fingerprint density at radius 2 is 1.81 bits per heavy atom. The molecule has 0 saturated heterocycles. The van der Waals surface area contributed by atoms with E-state index in [2.05, 4.69) is 0 Å². The monoisotopic (exact) mass is 417 g/mol. The maximum Gasteiger partial charge on any atom is 0.342 e. The zero-order valence-electron chi connectivity index (χ0n) is 13.1. The molecule has 0 bridgehead atoms. The molecule has 0 unspecified atom stereocenters. The summed E-state index contributed by atoms with van der Waals surface area (Å²) < 4.78 is 55.0. The van der Waals surface area contributed by atoms with Crippen LogP contribution in [-0.2, 0) is 0 Å². The first-order valence-corrected chi connectivity index (χ1v) is 8.49. The van der Waals surface area contributed by atoms with E-state index in [1.807, 2.05) is 0 Å². The molecule has 27 heavy (non-hydrogen) atoms. The van der Waals surface area contributed by atoms with E-state index in [1.54, 1.807) is 6.07 Å². The first-order valence-electron chi connectivity index (χ1n) is 7.23. The molecule has 0 aliphatic rings. The summed E-state index contributed by atoms with van der Waals surface area (Å²) in [6.07, 6.45) is 0. The van der Waals surface area contributed by atoms with E-state index in [0.29, 0.717) is 6.07 Å². The van der Waals surface area contributed by atoms with Crippen LogP contribution in [0.4, 0.5) is 17.6 Å².